The van der Waals surface area contributed by atoms with Gasteiger partial charge in [-0.05, 0) is 6.92 Å². The van der Waals surface area contributed by atoms with Crippen LogP contribution in [0.5, 0.6) is 0 Å². The highest BCUT2D eigenvalue weighted by Gasteiger charge is 2.16. The highest BCUT2D eigenvalue weighted by atomic mass is 16.6. The normalized spacial score (nSPS) is 10.2. The molecule has 3 N–H and O–H groups in total. The number of nitrogens with zero attached hydrogens (tertiary/aromatic N) is 3. The number of aryl methyl sites for hydroxylation is 1. The molecule has 0 saturated heterocycles. The Morgan fingerprint density at radius 2 is 2.25 bits per heavy atom. The van der Waals surface area contributed by atoms with Crippen molar-refractivity contribution < 1.29 is 14.1 Å². The van der Waals surface area contributed by atoms with E-state index in [1.54, 1.807) is 6.92 Å². The van der Waals surface area contributed by atoms with Crippen LogP contribution in [0, 0.1) is 17.0 Å². The maximum absolute atomic E-state index is 11.9. The van der Waals surface area contributed by atoms with Crippen LogP contribution in [0.15, 0.2) is 22.9 Å². The molecular weight excluding hydrogens is 266 g/mol. The maximum Gasteiger partial charge on any atom is 0.288 e. The summed E-state index contributed by atoms with van der Waals surface area (Å²) >= 11 is 0. The molecule has 0 unspecified atom stereocenters. The lowest BCUT2D eigenvalue weighted by Gasteiger charge is -2.05. The van der Waals surface area contributed by atoms with Gasteiger partial charge in [0.05, 0.1) is 23.2 Å². The second-order valence-corrected chi connectivity index (χ2v) is 3.93. The average molecular weight is 277 g/mol. The Hall–Kier alpha value is -2.97. The van der Waals surface area contributed by atoms with Crippen LogP contribution in [-0.4, -0.2) is 20.8 Å². The second kappa shape index (κ2) is 5.34. The number of nitrogen functional groups attached to an aromatic ring is 1. The molecule has 2 aromatic heterocycles. The standard InChI is InChI=1S/C11H11N5O4/c1-6-3-13-9(20-6)5-15-11(17)8-2-7(16(18)19)4-14-10(8)12/h2-4H,5H2,1H3,(H2,12,14)(H,15,17). The van der Waals surface area contributed by atoms with Gasteiger partial charge in [-0.25, -0.2) is 9.97 Å². The molecule has 0 atom stereocenters. The van der Waals surface area contributed by atoms with Gasteiger partial charge in [0, 0.05) is 6.07 Å². The molecular formula is C11H11N5O4. The molecule has 9 nitrogen and oxygen atoms in total. The Kier molecular flexibility index (Phi) is 3.60. The summed E-state index contributed by atoms with van der Waals surface area (Å²) < 4.78 is 5.18. The molecule has 0 aliphatic rings. The molecule has 9 heteroatoms. The van der Waals surface area contributed by atoms with Gasteiger partial charge >= 0.3 is 0 Å². The minimum atomic E-state index is -0.652. The molecule has 0 fully saturated rings. The monoisotopic (exact) mass is 277 g/mol. The number of oxazole rings is 1. The smallest absolute Gasteiger partial charge is 0.288 e. The summed E-state index contributed by atoms with van der Waals surface area (Å²) in [6.07, 6.45) is 2.51. The van der Waals surface area contributed by atoms with E-state index >= 15 is 0 Å². The third-order valence-electron chi connectivity index (χ3n) is 2.43. The number of pyridine rings is 1. The van der Waals surface area contributed by atoms with Crippen LogP contribution < -0.4 is 11.1 Å². The van der Waals surface area contributed by atoms with Gasteiger partial charge in [-0.1, -0.05) is 0 Å². The Balaban J connectivity index is 2.12. The number of amides is 1. The minimum Gasteiger partial charge on any atom is -0.444 e. The number of hydrogen-bond acceptors (Lipinski definition) is 7. The number of anilines is 1. The second-order valence-electron chi connectivity index (χ2n) is 3.93. The summed E-state index contributed by atoms with van der Waals surface area (Å²) in [5.74, 6) is 0.268. The lowest BCUT2D eigenvalue weighted by Crippen LogP contribution is -2.24. The van der Waals surface area contributed by atoms with Gasteiger partial charge in [0.15, 0.2) is 0 Å². The largest absolute Gasteiger partial charge is 0.444 e. The molecule has 20 heavy (non-hydrogen) atoms. The molecule has 2 rings (SSSR count). The number of nitro groups is 1. The molecule has 0 saturated carbocycles. The first-order valence-corrected chi connectivity index (χ1v) is 5.57. The van der Waals surface area contributed by atoms with Crippen molar-refractivity contribution in [1.29, 1.82) is 0 Å². The third-order valence-corrected chi connectivity index (χ3v) is 2.43. The van der Waals surface area contributed by atoms with Crippen molar-refractivity contribution in [3.63, 3.8) is 0 Å². The van der Waals surface area contributed by atoms with Crippen molar-refractivity contribution in [2.75, 3.05) is 5.73 Å². The van der Waals surface area contributed by atoms with Crippen molar-refractivity contribution in [2.45, 2.75) is 13.5 Å². The number of nitrogens with one attached hydrogen (secondary N) is 1. The molecule has 104 valence electrons. The molecule has 1 amide bonds. The van der Waals surface area contributed by atoms with E-state index in [4.69, 9.17) is 10.2 Å². The Labute approximate surface area is 113 Å². The quantitative estimate of drug-likeness (QED) is 0.622. The van der Waals surface area contributed by atoms with Crippen molar-refractivity contribution >= 4 is 17.4 Å². The lowest BCUT2D eigenvalue weighted by atomic mass is 10.2. The fourth-order valence-electron chi connectivity index (χ4n) is 1.48. The van der Waals surface area contributed by atoms with Crippen molar-refractivity contribution in [3.05, 3.63) is 45.8 Å². The Bertz CT molecular complexity index is 667. The van der Waals surface area contributed by atoms with E-state index in [1.807, 2.05) is 0 Å². The van der Waals surface area contributed by atoms with Crippen LogP contribution in [0.2, 0.25) is 0 Å². The zero-order chi connectivity index (χ0) is 14.7. The molecule has 0 aliphatic carbocycles. The number of carbonyl (C=O) groups is 1. The van der Waals surface area contributed by atoms with Crippen molar-refractivity contribution in [3.8, 4) is 0 Å². The Morgan fingerprint density at radius 3 is 2.85 bits per heavy atom. The SMILES string of the molecule is Cc1cnc(CNC(=O)c2cc([N+](=O)[O-])cnc2N)o1. The van der Waals surface area contributed by atoms with Crippen LogP contribution in [0.3, 0.4) is 0 Å². The highest BCUT2D eigenvalue weighted by molar-refractivity contribution is 5.98. The van der Waals surface area contributed by atoms with Gasteiger partial charge in [0.2, 0.25) is 5.89 Å². The minimum absolute atomic E-state index is 0.0504. The first-order valence-electron chi connectivity index (χ1n) is 5.57. The zero-order valence-corrected chi connectivity index (χ0v) is 10.5. The van der Waals surface area contributed by atoms with E-state index in [2.05, 4.69) is 15.3 Å². The van der Waals surface area contributed by atoms with Gasteiger partial charge in [-0.15, -0.1) is 0 Å². The summed E-state index contributed by atoms with van der Waals surface area (Å²) in [6.45, 7) is 1.77. The summed E-state index contributed by atoms with van der Waals surface area (Å²) in [7, 11) is 0. The number of hydrogen-bond donors (Lipinski definition) is 2. The van der Waals surface area contributed by atoms with Crippen LogP contribution >= 0.6 is 0 Å². The molecule has 0 radical (unpaired) electrons. The number of carbonyl (C=O) groups excluding carboxylic acids is 1. The van der Waals surface area contributed by atoms with Crippen LogP contribution in [-0.2, 0) is 6.54 Å². The van der Waals surface area contributed by atoms with Gasteiger partial charge in [0.1, 0.15) is 17.8 Å². The summed E-state index contributed by atoms with van der Waals surface area (Å²) in [5.41, 5.74) is 5.15. The van der Waals surface area contributed by atoms with E-state index in [-0.39, 0.29) is 23.6 Å². The number of rotatable bonds is 4. The van der Waals surface area contributed by atoms with E-state index in [9.17, 15) is 14.9 Å². The van der Waals surface area contributed by atoms with Crippen LogP contribution in [0.25, 0.3) is 0 Å². The maximum atomic E-state index is 11.9. The van der Waals surface area contributed by atoms with Gasteiger partial charge in [-0.3, -0.25) is 14.9 Å². The molecule has 2 heterocycles. The molecule has 0 aliphatic heterocycles. The fraction of sp³-hybridized carbons (Fsp3) is 0.182. The van der Waals surface area contributed by atoms with Crippen LogP contribution in [0.1, 0.15) is 22.0 Å². The van der Waals surface area contributed by atoms with Crippen molar-refractivity contribution in [2.24, 2.45) is 0 Å². The molecule has 0 spiro atoms. The predicted octanol–water partition coefficient (Wildman–Crippen LogP) is 0.798. The molecule has 0 bridgehead atoms. The van der Waals surface area contributed by atoms with Gasteiger partial charge in [-0.2, -0.15) is 0 Å². The number of aromatic nitrogens is 2. The lowest BCUT2D eigenvalue weighted by molar-refractivity contribution is -0.385. The first kappa shape index (κ1) is 13.5. The van der Waals surface area contributed by atoms with Crippen LogP contribution in [0.4, 0.5) is 11.5 Å². The highest BCUT2D eigenvalue weighted by Crippen LogP contribution is 2.16. The molecule has 0 aromatic carbocycles. The average Bonchev–Trinajstić information content (AvgIpc) is 2.82. The van der Waals surface area contributed by atoms with Crippen molar-refractivity contribution in [1.82, 2.24) is 15.3 Å². The number of nitrogens with two attached hydrogens (primary N) is 1. The summed E-state index contributed by atoms with van der Waals surface area (Å²) in [5, 5.41) is 13.1. The predicted molar refractivity (Wildman–Crippen MR) is 67.7 cm³/mol. The van der Waals surface area contributed by atoms with Gasteiger partial charge < -0.3 is 15.5 Å². The third kappa shape index (κ3) is 2.88. The van der Waals surface area contributed by atoms with E-state index in [1.165, 1.54) is 6.20 Å². The molecule has 2 aromatic rings. The van der Waals surface area contributed by atoms with E-state index in [0.29, 0.717) is 11.7 Å². The van der Waals surface area contributed by atoms with E-state index < -0.39 is 10.8 Å². The summed E-state index contributed by atoms with van der Waals surface area (Å²) in [4.78, 5) is 29.4. The van der Waals surface area contributed by atoms with E-state index in [0.717, 1.165) is 12.3 Å². The van der Waals surface area contributed by atoms with Gasteiger partial charge in [0.25, 0.3) is 11.6 Å². The fourth-order valence-corrected chi connectivity index (χ4v) is 1.48. The zero-order valence-electron chi connectivity index (χ0n) is 10.5. The topological polar surface area (TPSA) is 137 Å². The first-order chi connectivity index (χ1) is 9.47. The Morgan fingerprint density at radius 1 is 1.50 bits per heavy atom. The summed E-state index contributed by atoms with van der Waals surface area (Å²) in [6, 6.07) is 1.07.